The molecule has 0 saturated heterocycles. The monoisotopic (exact) mass is 561 g/mol. The maximum atomic E-state index is 9.08. The van der Waals surface area contributed by atoms with Gasteiger partial charge in [-0.2, -0.15) is 0 Å². The van der Waals surface area contributed by atoms with E-state index >= 15 is 0 Å². The van der Waals surface area contributed by atoms with E-state index in [4.69, 9.17) is 52.5 Å². The first kappa shape index (κ1) is 29.4. The summed E-state index contributed by atoms with van der Waals surface area (Å²) in [7, 11) is -3.92. The number of nitrogens with zero attached hydrogens (tertiary/aromatic N) is 2. The average Bonchev–Trinajstić information content (AvgIpc) is 3.21. The molecule has 1 unspecified atom stereocenters. The molecule has 35 heavy (non-hydrogen) atoms. The summed E-state index contributed by atoms with van der Waals surface area (Å²) in [5.41, 5.74) is 2.02. The van der Waals surface area contributed by atoms with Crippen molar-refractivity contribution in [1.29, 1.82) is 0 Å². The summed E-state index contributed by atoms with van der Waals surface area (Å²) in [6.07, 6.45) is 8.79. The smallest absolute Gasteiger partial charge is 0.243 e. The molecule has 0 radical (unpaired) electrons. The van der Waals surface area contributed by atoms with Gasteiger partial charge in [0.05, 0.1) is 16.7 Å². The molecule has 0 fully saturated rings. The molecule has 11 heteroatoms. The van der Waals surface area contributed by atoms with Gasteiger partial charge in [-0.1, -0.05) is 54.2 Å². The quantitative estimate of drug-likeness (QED) is 0.188. The Morgan fingerprint density at radius 1 is 1.11 bits per heavy atom. The van der Waals surface area contributed by atoms with Gasteiger partial charge in [-0.15, -0.1) is 0 Å². The minimum Gasteiger partial charge on any atom is -0.748 e. The van der Waals surface area contributed by atoms with Crippen LogP contribution in [0.1, 0.15) is 31.4 Å². The third kappa shape index (κ3) is 12.1. The first-order chi connectivity index (χ1) is 16.5. The summed E-state index contributed by atoms with van der Waals surface area (Å²) < 4.78 is 37.7. The van der Waals surface area contributed by atoms with Crippen molar-refractivity contribution in [1.82, 2.24) is 4.57 Å². The average molecular weight is 563 g/mol. The van der Waals surface area contributed by atoms with Crippen LogP contribution >= 0.6 is 34.8 Å². The summed E-state index contributed by atoms with van der Waals surface area (Å²) in [5, 5.41) is 5.40. The summed E-state index contributed by atoms with van der Waals surface area (Å²) in [6, 6.07) is 13.3. The van der Waals surface area contributed by atoms with Crippen molar-refractivity contribution < 1.29 is 22.3 Å². The Hall–Kier alpha value is -1.81. The van der Waals surface area contributed by atoms with Crippen LogP contribution in [-0.4, -0.2) is 36.9 Å². The van der Waals surface area contributed by atoms with Crippen LogP contribution in [0.25, 0.3) is 0 Å². The normalized spacial score (nSPS) is 12.1. The van der Waals surface area contributed by atoms with Crippen molar-refractivity contribution in [3.05, 3.63) is 81.8 Å². The lowest BCUT2D eigenvalue weighted by molar-refractivity contribution is -0.704. The van der Waals surface area contributed by atoms with E-state index in [1.165, 1.54) is 0 Å². The van der Waals surface area contributed by atoms with Gasteiger partial charge in [-0.25, -0.2) is 17.6 Å². The summed E-state index contributed by atoms with van der Waals surface area (Å²) in [5.74, 6) is 0. The van der Waals surface area contributed by atoms with Crippen LogP contribution in [0.3, 0.4) is 0 Å². The number of anilines is 1. The van der Waals surface area contributed by atoms with Crippen molar-refractivity contribution in [2.75, 3.05) is 24.7 Å². The van der Waals surface area contributed by atoms with E-state index in [2.05, 4.69) is 40.1 Å². The maximum absolute atomic E-state index is 9.08. The first-order valence-corrected chi connectivity index (χ1v) is 14.0. The molecule has 0 saturated carbocycles. The van der Waals surface area contributed by atoms with Gasteiger partial charge in [-0.05, 0) is 42.8 Å². The lowest BCUT2D eigenvalue weighted by Gasteiger charge is -2.18. The van der Waals surface area contributed by atoms with Crippen molar-refractivity contribution in [3.8, 4) is 0 Å². The van der Waals surface area contributed by atoms with Crippen molar-refractivity contribution in [3.63, 3.8) is 0 Å². The van der Waals surface area contributed by atoms with Crippen LogP contribution in [0.15, 0.2) is 61.2 Å². The van der Waals surface area contributed by atoms with Crippen molar-refractivity contribution >= 4 is 50.6 Å². The molecular weight excluding hydrogens is 533 g/mol. The number of aromatic nitrogens is 2. The number of hydrogen-bond acceptors (Lipinski definition) is 5. The number of ether oxygens (including phenoxy) is 1. The zero-order valence-electron chi connectivity index (χ0n) is 19.7. The molecule has 1 aromatic heterocycles. The zero-order chi connectivity index (χ0) is 25.8. The topological polar surface area (TPSA) is 87.3 Å². The first-order valence-electron chi connectivity index (χ1n) is 11.1. The van der Waals surface area contributed by atoms with Gasteiger partial charge < -0.3 is 14.6 Å². The molecular formula is C24H30Cl3N3O4S. The molecule has 0 spiro atoms. The standard InChI is InChI=1S/C23H27Cl3N3O.CH4O3S/c1-2-3-14-30-23(21-9-6-19(25)15-22(21)26)16-29-13-12-28(17-29)11-10-27-20-7-4-18(24)5-8-20;1-5(2,3)4/h4-9,12-13,15,17,23,27H,2-3,10-11,14,16H2,1H3;1H3,(H,2,3,4)/q+1;/p-1. The minimum absolute atomic E-state index is 0.130. The molecule has 0 aliphatic heterocycles. The number of unbranched alkanes of at least 4 members (excludes halogenated alkanes) is 1. The Morgan fingerprint density at radius 2 is 1.77 bits per heavy atom. The number of benzene rings is 2. The highest BCUT2D eigenvalue weighted by atomic mass is 35.5. The van der Waals surface area contributed by atoms with Crippen LogP contribution < -0.4 is 9.88 Å². The molecule has 3 rings (SSSR count). The molecule has 1 heterocycles. The zero-order valence-corrected chi connectivity index (χ0v) is 22.7. The fourth-order valence-corrected chi connectivity index (χ4v) is 3.80. The van der Waals surface area contributed by atoms with E-state index < -0.39 is 10.1 Å². The lowest BCUT2D eigenvalue weighted by Crippen LogP contribution is -2.36. The predicted molar refractivity (Wildman–Crippen MR) is 140 cm³/mol. The lowest BCUT2D eigenvalue weighted by atomic mass is 10.1. The highest BCUT2D eigenvalue weighted by molar-refractivity contribution is 7.84. The van der Waals surface area contributed by atoms with Gasteiger partial charge in [0.1, 0.15) is 31.6 Å². The summed E-state index contributed by atoms with van der Waals surface area (Å²) in [4.78, 5) is 0. The van der Waals surface area contributed by atoms with E-state index in [0.717, 1.165) is 42.2 Å². The highest BCUT2D eigenvalue weighted by Crippen LogP contribution is 2.29. The Balaban J connectivity index is 0.000000784. The van der Waals surface area contributed by atoms with Gasteiger partial charge in [0.15, 0.2) is 0 Å². The second kappa shape index (κ2) is 14.7. The third-order valence-electron chi connectivity index (χ3n) is 4.79. The number of hydrogen-bond donors (Lipinski definition) is 1. The fourth-order valence-electron chi connectivity index (χ4n) is 3.14. The highest BCUT2D eigenvalue weighted by Gasteiger charge is 2.19. The molecule has 0 bridgehead atoms. The van der Waals surface area contributed by atoms with E-state index in [1.54, 1.807) is 6.07 Å². The van der Waals surface area contributed by atoms with Crippen molar-refractivity contribution in [2.24, 2.45) is 0 Å². The van der Waals surface area contributed by atoms with Gasteiger partial charge in [0.25, 0.3) is 0 Å². The summed E-state index contributed by atoms with van der Waals surface area (Å²) in [6.45, 7) is 5.20. The fraction of sp³-hybridized carbons (Fsp3) is 0.375. The second-order valence-electron chi connectivity index (χ2n) is 7.86. The van der Waals surface area contributed by atoms with E-state index in [-0.39, 0.29) is 6.10 Å². The number of halogens is 3. The molecule has 3 aromatic rings. The third-order valence-corrected chi connectivity index (χ3v) is 5.61. The molecule has 1 N–H and O–H groups in total. The van der Waals surface area contributed by atoms with Crippen LogP contribution in [0.5, 0.6) is 0 Å². The number of nitrogens with one attached hydrogen (secondary N) is 1. The molecule has 0 aliphatic carbocycles. The number of imidazole rings is 1. The Labute approximate surface area is 222 Å². The van der Waals surface area contributed by atoms with Gasteiger partial charge in [-0.3, -0.25) is 0 Å². The molecule has 0 aliphatic rings. The molecule has 7 nitrogen and oxygen atoms in total. The largest absolute Gasteiger partial charge is 0.748 e. The Kier molecular flexibility index (Phi) is 12.3. The number of rotatable bonds is 11. The van der Waals surface area contributed by atoms with Crippen LogP contribution in [0.2, 0.25) is 15.1 Å². The molecule has 0 amide bonds. The molecule has 2 aromatic carbocycles. The van der Waals surface area contributed by atoms with E-state index in [9.17, 15) is 0 Å². The molecule has 1 atom stereocenters. The SMILES string of the molecule is CCCCOC(C[n+]1ccn(CCNc2ccc(Cl)cc2)c1)c1ccc(Cl)cc1Cl.CS(=O)(=O)[O-]. The Morgan fingerprint density at radius 3 is 2.40 bits per heavy atom. The van der Waals surface area contributed by atoms with Crippen LogP contribution in [0.4, 0.5) is 5.69 Å². The van der Waals surface area contributed by atoms with Gasteiger partial charge in [0, 0.05) is 39.2 Å². The van der Waals surface area contributed by atoms with E-state index in [1.807, 2.05) is 36.4 Å². The maximum Gasteiger partial charge on any atom is 0.243 e. The second-order valence-corrected chi connectivity index (χ2v) is 10.6. The minimum atomic E-state index is -3.92. The molecule has 192 valence electrons. The van der Waals surface area contributed by atoms with Crippen LogP contribution in [0, 0.1) is 0 Å². The predicted octanol–water partition coefficient (Wildman–Crippen LogP) is 5.57. The van der Waals surface area contributed by atoms with E-state index in [0.29, 0.717) is 29.5 Å². The van der Waals surface area contributed by atoms with Gasteiger partial charge in [0.2, 0.25) is 6.33 Å². The van der Waals surface area contributed by atoms with Crippen molar-refractivity contribution in [2.45, 2.75) is 39.0 Å². The summed E-state index contributed by atoms with van der Waals surface area (Å²) >= 11 is 18.4. The van der Waals surface area contributed by atoms with Gasteiger partial charge >= 0.3 is 0 Å². The van der Waals surface area contributed by atoms with Crippen LogP contribution in [-0.2, 0) is 27.9 Å². The Bertz CT molecular complexity index is 1150.